The Kier molecular flexibility index (Phi) is 2.86. The Balaban J connectivity index is 2.57. The number of nitrogens with zero attached hydrogens (tertiary/aromatic N) is 2. The lowest BCUT2D eigenvalue weighted by molar-refractivity contribution is 0.857. The van der Waals surface area contributed by atoms with Crippen LogP contribution in [-0.2, 0) is 6.54 Å². The molecule has 0 aliphatic rings. The van der Waals surface area contributed by atoms with Crippen molar-refractivity contribution in [3.05, 3.63) is 39.9 Å². The molecular weight excluding hydrogens is 232 g/mol. The van der Waals surface area contributed by atoms with Crippen molar-refractivity contribution in [2.24, 2.45) is 5.73 Å². The van der Waals surface area contributed by atoms with Gasteiger partial charge in [0, 0.05) is 10.7 Å². The standard InChI is InChI=1S/C9H9ClN4S/c10-6-1-3-7(4-2-6)14-8(5-11)12-13-9(14)15/h1-4H,5,11H2,(H,13,15). The largest absolute Gasteiger partial charge is 0.324 e. The average molecular weight is 241 g/mol. The number of benzene rings is 1. The molecule has 0 fully saturated rings. The maximum atomic E-state index is 5.80. The molecule has 0 spiro atoms. The number of nitrogens with one attached hydrogen (secondary N) is 1. The Hall–Kier alpha value is -1.17. The van der Waals surface area contributed by atoms with Crippen LogP contribution in [0.4, 0.5) is 0 Å². The number of hydrogen-bond acceptors (Lipinski definition) is 3. The number of nitrogens with two attached hydrogens (primary N) is 1. The van der Waals surface area contributed by atoms with Crippen LogP contribution in [0.2, 0.25) is 5.02 Å². The third-order valence-corrected chi connectivity index (χ3v) is 2.54. The summed E-state index contributed by atoms with van der Waals surface area (Å²) in [5.41, 5.74) is 6.46. The first-order chi connectivity index (χ1) is 7.22. The van der Waals surface area contributed by atoms with Crippen molar-refractivity contribution in [1.29, 1.82) is 0 Å². The van der Waals surface area contributed by atoms with Crippen LogP contribution in [0.25, 0.3) is 5.69 Å². The van der Waals surface area contributed by atoms with Gasteiger partial charge in [0.25, 0.3) is 0 Å². The minimum absolute atomic E-state index is 0.329. The summed E-state index contributed by atoms with van der Waals surface area (Å²) in [5.74, 6) is 0.697. The van der Waals surface area contributed by atoms with Crippen LogP contribution in [0.1, 0.15) is 5.82 Å². The average Bonchev–Trinajstić information content (AvgIpc) is 2.61. The van der Waals surface area contributed by atoms with Crippen molar-refractivity contribution < 1.29 is 0 Å². The topological polar surface area (TPSA) is 59.6 Å². The fraction of sp³-hybridized carbons (Fsp3) is 0.111. The summed E-state index contributed by atoms with van der Waals surface area (Å²) < 4.78 is 2.31. The highest BCUT2D eigenvalue weighted by molar-refractivity contribution is 7.71. The molecule has 1 heterocycles. The summed E-state index contributed by atoms with van der Waals surface area (Å²) in [6.07, 6.45) is 0. The first kappa shape index (κ1) is 10.4. The predicted octanol–water partition coefficient (Wildman–Crippen LogP) is 2.04. The highest BCUT2D eigenvalue weighted by atomic mass is 35.5. The molecule has 3 N–H and O–H groups in total. The van der Waals surface area contributed by atoms with E-state index in [4.69, 9.17) is 29.6 Å². The SMILES string of the molecule is NCc1n[nH]c(=S)n1-c1ccc(Cl)cc1. The number of aromatic nitrogens is 3. The van der Waals surface area contributed by atoms with Gasteiger partial charge in [-0.2, -0.15) is 5.10 Å². The van der Waals surface area contributed by atoms with Crippen molar-refractivity contribution in [2.45, 2.75) is 6.54 Å². The fourth-order valence-electron chi connectivity index (χ4n) is 1.32. The maximum absolute atomic E-state index is 5.80. The van der Waals surface area contributed by atoms with E-state index in [2.05, 4.69) is 10.2 Å². The number of hydrogen-bond donors (Lipinski definition) is 2. The fourth-order valence-corrected chi connectivity index (χ4v) is 1.71. The summed E-state index contributed by atoms with van der Waals surface area (Å²) in [7, 11) is 0. The number of H-pyrrole nitrogens is 1. The molecule has 6 heteroatoms. The van der Waals surface area contributed by atoms with Crippen LogP contribution in [0, 0.1) is 4.77 Å². The van der Waals surface area contributed by atoms with E-state index in [9.17, 15) is 0 Å². The third-order valence-electron chi connectivity index (χ3n) is 2.01. The van der Waals surface area contributed by atoms with Crippen LogP contribution in [-0.4, -0.2) is 14.8 Å². The second-order valence-electron chi connectivity index (χ2n) is 2.96. The van der Waals surface area contributed by atoms with Crippen LogP contribution in [0.3, 0.4) is 0 Å². The highest BCUT2D eigenvalue weighted by Gasteiger charge is 2.05. The van der Waals surface area contributed by atoms with E-state index in [1.165, 1.54) is 0 Å². The van der Waals surface area contributed by atoms with Crippen molar-refractivity contribution >= 4 is 23.8 Å². The molecule has 2 aromatic rings. The molecule has 0 amide bonds. The summed E-state index contributed by atoms with van der Waals surface area (Å²) in [5, 5.41) is 7.41. The molecule has 0 aliphatic heterocycles. The highest BCUT2D eigenvalue weighted by Crippen LogP contribution is 2.14. The van der Waals surface area contributed by atoms with E-state index in [0.29, 0.717) is 22.2 Å². The molecule has 0 aliphatic carbocycles. The molecule has 15 heavy (non-hydrogen) atoms. The third kappa shape index (κ3) is 1.94. The Morgan fingerprint density at radius 3 is 2.67 bits per heavy atom. The van der Waals surface area contributed by atoms with Crippen LogP contribution >= 0.6 is 23.8 Å². The monoisotopic (exact) mass is 240 g/mol. The molecule has 0 bridgehead atoms. The summed E-state index contributed by atoms with van der Waals surface area (Å²) in [6.45, 7) is 0.329. The van der Waals surface area contributed by atoms with Gasteiger partial charge in [-0.1, -0.05) is 11.6 Å². The smallest absolute Gasteiger partial charge is 0.199 e. The van der Waals surface area contributed by atoms with E-state index < -0.39 is 0 Å². The summed E-state index contributed by atoms with van der Waals surface area (Å²) in [6, 6.07) is 7.33. The lowest BCUT2D eigenvalue weighted by atomic mass is 10.3. The van der Waals surface area contributed by atoms with Crippen molar-refractivity contribution in [1.82, 2.24) is 14.8 Å². The molecule has 1 aromatic heterocycles. The molecule has 0 saturated carbocycles. The Morgan fingerprint density at radius 1 is 1.40 bits per heavy atom. The van der Waals surface area contributed by atoms with E-state index in [1.54, 1.807) is 16.7 Å². The van der Waals surface area contributed by atoms with Gasteiger partial charge in [-0.15, -0.1) is 0 Å². The lowest BCUT2D eigenvalue weighted by Gasteiger charge is -2.04. The van der Waals surface area contributed by atoms with E-state index in [0.717, 1.165) is 5.69 Å². The zero-order valence-electron chi connectivity index (χ0n) is 7.77. The minimum Gasteiger partial charge on any atom is -0.324 e. The Bertz CT molecular complexity index is 514. The van der Waals surface area contributed by atoms with Crippen LogP contribution in [0.15, 0.2) is 24.3 Å². The molecular formula is C9H9ClN4S. The molecule has 0 radical (unpaired) electrons. The molecule has 2 rings (SSSR count). The van der Waals surface area contributed by atoms with Gasteiger partial charge in [0.2, 0.25) is 0 Å². The second kappa shape index (κ2) is 4.14. The summed E-state index contributed by atoms with van der Waals surface area (Å²) >= 11 is 10.9. The van der Waals surface area contributed by atoms with Crippen molar-refractivity contribution in [3.8, 4) is 5.69 Å². The predicted molar refractivity (Wildman–Crippen MR) is 61.7 cm³/mol. The Morgan fingerprint density at radius 2 is 2.07 bits per heavy atom. The first-order valence-corrected chi connectivity index (χ1v) is 5.13. The van der Waals surface area contributed by atoms with Crippen LogP contribution in [0.5, 0.6) is 0 Å². The van der Waals surface area contributed by atoms with Crippen LogP contribution < -0.4 is 5.73 Å². The molecule has 78 valence electrons. The van der Waals surface area contributed by atoms with Gasteiger partial charge in [0.15, 0.2) is 4.77 Å². The molecule has 1 aromatic carbocycles. The quantitative estimate of drug-likeness (QED) is 0.790. The number of aromatic amines is 1. The normalized spacial score (nSPS) is 10.5. The zero-order valence-corrected chi connectivity index (χ0v) is 9.35. The number of halogens is 1. The van der Waals surface area contributed by atoms with E-state index in [1.807, 2.05) is 12.1 Å². The zero-order chi connectivity index (χ0) is 10.8. The van der Waals surface area contributed by atoms with Gasteiger partial charge in [-0.05, 0) is 36.5 Å². The van der Waals surface area contributed by atoms with Crippen molar-refractivity contribution in [2.75, 3.05) is 0 Å². The lowest BCUT2D eigenvalue weighted by Crippen LogP contribution is -2.06. The van der Waals surface area contributed by atoms with Gasteiger partial charge < -0.3 is 5.73 Å². The number of rotatable bonds is 2. The minimum atomic E-state index is 0.329. The molecule has 4 nitrogen and oxygen atoms in total. The molecule has 0 saturated heterocycles. The second-order valence-corrected chi connectivity index (χ2v) is 3.78. The first-order valence-electron chi connectivity index (χ1n) is 4.34. The van der Waals surface area contributed by atoms with E-state index >= 15 is 0 Å². The van der Waals surface area contributed by atoms with E-state index in [-0.39, 0.29) is 0 Å². The van der Waals surface area contributed by atoms with Gasteiger partial charge >= 0.3 is 0 Å². The maximum Gasteiger partial charge on any atom is 0.199 e. The van der Waals surface area contributed by atoms with Crippen molar-refractivity contribution in [3.63, 3.8) is 0 Å². The van der Waals surface area contributed by atoms with Gasteiger partial charge in [0.1, 0.15) is 5.82 Å². The Labute approximate surface area is 96.7 Å². The molecule has 0 atom stereocenters. The summed E-state index contributed by atoms with van der Waals surface area (Å²) in [4.78, 5) is 0. The van der Waals surface area contributed by atoms with Gasteiger partial charge in [0.05, 0.1) is 6.54 Å². The van der Waals surface area contributed by atoms with Gasteiger partial charge in [-0.3, -0.25) is 9.67 Å². The van der Waals surface area contributed by atoms with Gasteiger partial charge in [-0.25, -0.2) is 0 Å². The molecule has 0 unspecified atom stereocenters.